The van der Waals surface area contributed by atoms with Crippen LogP contribution < -0.4 is 5.69 Å². The van der Waals surface area contributed by atoms with E-state index in [-0.39, 0.29) is 5.69 Å². The maximum atomic E-state index is 11.6. The summed E-state index contributed by atoms with van der Waals surface area (Å²) in [6, 6.07) is 3.27. The third kappa shape index (κ3) is 1.58. The van der Waals surface area contributed by atoms with Crippen LogP contribution in [0.2, 0.25) is 10.0 Å². The van der Waals surface area contributed by atoms with Crippen molar-refractivity contribution in [1.82, 2.24) is 9.55 Å². The number of aromatic amines is 1. The van der Waals surface area contributed by atoms with E-state index < -0.39 is 0 Å². The number of allylic oxidation sites excluding steroid dienone is 1. The zero-order chi connectivity index (χ0) is 11.2. The van der Waals surface area contributed by atoms with Gasteiger partial charge < -0.3 is 4.98 Å². The molecule has 0 aliphatic rings. The van der Waals surface area contributed by atoms with Gasteiger partial charge in [-0.05, 0) is 19.1 Å². The zero-order valence-corrected chi connectivity index (χ0v) is 9.49. The number of nitrogens with one attached hydrogen (secondary N) is 1. The quantitative estimate of drug-likeness (QED) is 0.820. The lowest BCUT2D eigenvalue weighted by atomic mass is 10.3. The van der Waals surface area contributed by atoms with Gasteiger partial charge in [-0.1, -0.05) is 29.8 Å². The van der Waals surface area contributed by atoms with Crippen molar-refractivity contribution in [3.63, 3.8) is 0 Å². The van der Waals surface area contributed by atoms with Gasteiger partial charge in [-0.2, -0.15) is 0 Å². The predicted octanol–water partition coefficient (Wildman–Crippen LogP) is 3.13. The van der Waals surface area contributed by atoms with Crippen molar-refractivity contribution in [1.29, 1.82) is 0 Å². The zero-order valence-electron chi connectivity index (χ0n) is 7.97. The first-order chi connectivity index (χ1) is 7.00. The molecule has 1 heterocycles. The number of H-pyrrole nitrogens is 1. The van der Waals surface area contributed by atoms with Crippen LogP contribution in [0.3, 0.4) is 0 Å². The minimum absolute atomic E-state index is 0.240. The average molecular weight is 243 g/mol. The summed E-state index contributed by atoms with van der Waals surface area (Å²) in [4.78, 5) is 14.2. The Morgan fingerprint density at radius 3 is 2.60 bits per heavy atom. The Kier molecular flexibility index (Phi) is 2.37. The van der Waals surface area contributed by atoms with E-state index in [0.717, 1.165) is 0 Å². The highest BCUT2D eigenvalue weighted by Crippen LogP contribution is 2.26. The van der Waals surface area contributed by atoms with Crippen LogP contribution in [0, 0.1) is 0 Å². The molecule has 0 saturated heterocycles. The van der Waals surface area contributed by atoms with E-state index in [2.05, 4.69) is 11.6 Å². The SMILES string of the molecule is C=C(C)n1c(=O)[nH]c2cc(Cl)c(Cl)cc21. The number of halogens is 2. The molecule has 0 aliphatic heterocycles. The summed E-state index contributed by atoms with van der Waals surface area (Å²) in [5, 5.41) is 0.831. The van der Waals surface area contributed by atoms with E-state index in [1.807, 2.05) is 0 Å². The van der Waals surface area contributed by atoms with Gasteiger partial charge in [0.25, 0.3) is 0 Å². The largest absolute Gasteiger partial charge is 0.330 e. The van der Waals surface area contributed by atoms with E-state index in [1.54, 1.807) is 19.1 Å². The Morgan fingerprint density at radius 2 is 2.00 bits per heavy atom. The Bertz CT molecular complexity index is 610. The normalized spacial score (nSPS) is 10.9. The second kappa shape index (κ2) is 3.43. The molecule has 0 spiro atoms. The molecule has 0 radical (unpaired) electrons. The van der Waals surface area contributed by atoms with Gasteiger partial charge in [0.15, 0.2) is 0 Å². The van der Waals surface area contributed by atoms with Crippen molar-refractivity contribution in [3.8, 4) is 0 Å². The van der Waals surface area contributed by atoms with Crippen LogP contribution in [-0.2, 0) is 0 Å². The number of nitrogens with zero attached hydrogens (tertiary/aromatic N) is 1. The Balaban J connectivity index is 2.94. The number of rotatable bonds is 1. The first-order valence-electron chi connectivity index (χ1n) is 4.26. The molecule has 0 saturated carbocycles. The molecule has 0 unspecified atom stereocenters. The highest BCUT2D eigenvalue weighted by atomic mass is 35.5. The van der Waals surface area contributed by atoms with Crippen LogP contribution in [0.15, 0.2) is 23.5 Å². The molecule has 78 valence electrons. The molecule has 0 fully saturated rings. The number of aromatic nitrogens is 2. The summed E-state index contributed by atoms with van der Waals surface area (Å²) < 4.78 is 1.46. The van der Waals surface area contributed by atoms with Gasteiger partial charge in [-0.15, -0.1) is 0 Å². The lowest BCUT2D eigenvalue weighted by molar-refractivity contribution is 1.04. The van der Waals surface area contributed by atoms with E-state index in [4.69, 9.17) is 23.2 Å². The van der Waals surface area contributed by atoms with Gasteiger partial charge in [0.05, 0.1) is 21.1 Å². The van der Waals surface area contributed by atoms with E-state index >= 15 is 0 Å². The molecule has 15 heavy (non-hydrogen) atoms. The minimum atomic E-state index is -0.240. The number of benzene rings is 1. The molecule has 0 atom stereocenters. The molecular formula is C10H8Cl2N2O. The Hall–Kier alpha value is -1.19. The second-order valence-electron chi connectivity index (χ2n) is 3.28. The Labute approximate surface area is 95.9 Å². The second-order valence-corrected chi connectivity index (χ2v) is 4.10. The average Bonchev–Trinajstić information content (AvgIpc) is 2.41. The first-order valence-corrected chi connectivity index (χ1v) is 5.02. The third-order valence-corrected chi connectivity index (χ3v) is 2.83. The lowest BCUT2D eigenvalue weighted by Gasteiger charge is -2.01. The van der Waals surface area contributed by atoms with Gasteiger partial charge in [0.2, 0.25) is 0 Å². The molecule has 0 bridgehead atoms. The molecule has 0 aliphatic carbocycles. The highest BCUT2D eigenvalue weighted by molar-refractivity contribution is 6.42. The Morgan fingerprint density at radius 1 is 1.40 bits per heavy atom. The standard InChI is InChI=1S/C10H8Cl2N2O/c1-5(2)14-9-4-7(12)6(11)3-8(9)13-10(14)15/h3-4H,1H2,2H3,(H,13,15). The monoisotopic (exact) mass is 242 g/mol. The fraction of sp³-hybridized carbons (Fsp3) is 0.100. The first kappa shape index (κ1) is 10.3. The molecular weight excluding hydrogens is 235 g/mol. The third-order valence-electron chi connectivity index (χ3n) is 2.11. The summed E-state index contributed by atoms with van der Waals surface area (Å²) >= 11 is 11.7. The fourth-order valence-corrected chi connectivity index (χ4v) is 1.80. The van der Waals surface area contributed by atoms with E-state index in [1.165, 1.54) is 4.57 Å². The van der Waals surface area contributed by atoms with Crippen molar-refractivity contribution >= 4 is 39.9 Å². The van der Waals surface area contributed by atoms with Gasteiger partial charge in [0, 0.05) is 5.70 Å². The molecule has 1 aromatic carbocycles. The van der Waals surface area contributed by atoms with Crippen LogP contribution in [-0.4, -0.2) is 9.55 Å². The smallest absolute Gasteiger partial charge is 0.305 e. The van der Waals surface area contributed by atoms with Crippen molar-refractivity contribution in [2.24, 2.45) is 0 Å². The summed E-state index contributed by atoms with van der Waals surface area (Å²) in [6.45, 7) is 5.47. The van der Waals surface area contributed by atoms with Crippen molar-refractivity contribution in [2.75, 3.05) is 0 Å². The lowest BCUT2D eigenvalue weighted by Crippen LogP contribution is -2.13. The molecule has 5 heteroatoms. The van der Waals surface area contributed by atoms with Crippen molar-refractivity contribution < 1.29 is 0 Å². The number of hydrogen-bond donors (Lipinski definition) is 1. The highest BCUT2D eigenvalue weighted by Gasteiger charge is 2.09. The topological polar surface area (TPSA) is 37.8 Å². The van der Waals surface area contributed by atoms with Crippen molar-refractivity contribution in [3.05, 3.63) is 39.2 Å². The van der Waals surface area contributed by atoms with Gasteiger partial charge >= 0.3 is 5.69 Å². The minimum Gasteiger partial charge on any atom is -0.305 e. The van der Waals surface area contributed by atoms with E-state index in [9.17, 15) is 4.79 Å². The fourth-order valence-electron chi connectivity index (χ4n) is 1.48. The summed E-state index contributed by atoms with van der Waals surface area (Å²) in [7, 11) is 0. The number of hydrogen-bond acceptors (Lipinski definition) is 1. The maximum Gasteiger partial charge on any atom is 0.330 e. The molecule has 2 rings (SSSR count). The molecule has 3 nitrogen and oxygen atoms in total. The maximum absolute atomic E-state index is 11.6. The predicted molar refractivity (Wildman–Crippen MR) is 63.6 cm³/mol. The van der Waals surface area contributed by atoms with Gasteiger partial charge in [-0.25, -0.2) is 4.79 Å². The van der Waals surface area contributed by atoms with Crippen LogP contribution in [0.1, 0.15) is 6.92 Å². The summed E-state index contributed by atoms with van der Waals surface area (Å²) in [6.07, 6.45) is 0. The number of fused-ring (bicyclic) bond motifs is 1. The van der Waals surface area contributed by atoms with Gasteiger partial charge in [0.1, 0.15) is 0 Å². The summed E-state index contributed by atoms with van der Waals surface area (Å²) in [5.41, 5.74) is 1.72. The van der Waals surface area contributed by atoms with Crippen LogP contribution >= 0.6 is 23.2 Å². The number of imidazole rings is 1. The molecule has 0 amide bonds. The van der Waals surface area contributed by atoms with E-state index in [0.29, 0.717) is 26.8 Å². The van der Waals surface area contributed by atoms with Crippen molar-refractivity contribution in [2.45, 2.75) is 6.92 Å². The molecule has 1 N–H and O–H groups in total. The van der Waals surface area contributed by atoms with Crippen LogP contribution in [0.25, 0.3) is 16.7 Å². The molecule has 1 aromatic heterocycles. The summed E-state index contributed by atoms with van der Waals surface area (Å²) in [5.74, 6) is 0. The van der Waals surface area contributed by atoms with Crippen LogP contribution in [0.5, 0.6) is 0 Å². The molecule has 2 aromatic rings. The van der Waals surface area contributed by atoms with Gasteiger partial charge in [-0.3, -0.25) is 4.57 Å². The van der Waals surface area contributed by atoms with Crippen LogP contribution in [0.4, 0.5) is 0 Å².